The molecule has 2 amide bonds. The van der Waals surface area contributed by atoms with Gasteiger partial charge < -0.3 is 10.1 Å². The van der Waals surface area contributed by atoms with Crippen molar-refractivity contribution in [2.24, 2.45) is 0 Å². The highest BCUT2D eigenvalue weighted by Gasteiger charge is 2.26. The third-order valence-corrected chi connectivity index (χ3v) is 3.43. The minimum Gasteiger partial charge on any atom is -0.482 e. The van der Waals surface area contributed by atoms with Crippen LogP contribution in [0.25, 0.3) is 0 Å². The second kappa shape index (κ2) is 6.20. The predicted molar refractivity (Wildman–Crippen MR) is 84.1 cm³/mol. The van der Waals surface area contributed by atoms with Crippen LogP contribution in [-0.4, -0.2) is 25.0 Å². The van der Waals surface area contributed by atoms with Crippen LogP contribution in [0, 0.1) is 11.3 Å². The average molecular weight is 307 g/mol. The van der Waals surface area contributed by atoms with Gasteiger partial charge in [-0.1, -0.05) is 24.3 Å². The summed E-state index contributed by atoms with van der Waals surface area (Å²) >= 11 is 0. The second-order valence-corrected chi connectivity index (χ2v) is 4.94. The van der Waals surface area contributed by atoms with Gasteiger partial charge in [0.25, 0.3) is 5.91 Å². The number of rotatable bonds is 3. The Kier molecular flexibility index (Phi) is 3.93. The lowest BCUT2D eigenvalue weighted by atomic mass is 10.2. The molecular weight excluding hydrogens is 294 g/mol. The Morgan fingerprint density at radius 1 is 1.22 bits per heavy atom. The van der Waals surface area contributed by atoms with Crippen LogP contribution in [0.2, 0.25) is 0 Å². The highest BCUT2D eigenvalue weighted by Crippen LogP contribution is 2.29. The smallest absolute Gasteiger partial charge is 0.265 e. The summed E-state index contributed by atoms with van der Waals surface area (Å²) in [4.78, 5) is 25.5. The van der Waals surface area contributed by atoms with Crippen LogP contribution < -0.4 is 15.0 Å². The van der Waals surface area contributed by atoms with Gasteiger partial charge in [-0.3, -0.25) is 14.5 Å². The van der Waals surface area contributed by atoms with E-state index in [0.29, 0.717) is 22.7 Å². The van der Waals surface area contributed by atoms with Crippen molar-refractivity contribution in [3.05, 3.63) is 54.1 Å². The molecule has 0 saturated heterocycles. The fourth-order valence-electron chi connectivity index (χ4n) is 2.36. The number of fused-ring (bicyclic) bond motifs is 1. The summed E-state index contributed by atoms with van der Waals surface area (Å²) in [6.07, 6.45) is 0. The molecule has 6 nitrogen and oxygen atoms in total. The average Bonchev–Trinajstić information content (AvgIpc) is 2.59. The largest absolute Gasteiger partial charge is 0.482 e. The monoisotopic (exact) mass is 307 g/mol. The molecule has 0 saturated carbocycles. The molecule has 6 heteroatoms. The van der Waals surface area contributed by atoms with Crippen LogP contribution >= 0.6 is 0 Å². The minimum atomic E-state index is -0.347. The Morgan fingerprint density at radius 2 is 1.96 bits per heavy atom. The maximum atomic E-state index is 12.4. The first kappa shape index (κ1) is 14.6. The molecule has 0 radical (unpaired) electrons. The SMILES string of the molecule is N#Cc1ccccc1OCC(=O)N1CC(=O)Nc2ccccc21. The van der Waals surface area contributed by atoms with E-state index in [4.69, 9.17) is 10.00 Å². The lowest BCUT2D eigenvalue weighted by molar-refractivity contribution is -0.123. The molecule has 0 bridgehead atoms. The Labute approximate surface area is 132 Å². The molecule has 1 aliphatic heterocycles. The Bertz CT molecular complexity index is 811. The molecule has 0 fully saturated rings. The summed E-state index contributed by atoms with van der Waals surface area (Å²) in [6.45, 7) is -0.306. The standard InChI is InChI=1S/C17H13N3O3/c18-9-12-5-1-4-8-15(12)23-11-17(22)20-10-16(21)19-13-6-2-3-7-14(13)20/h1-8H,10-11H2,(H,19,21). The Morgan fingerprint density at radius 3 is 2.78 bits per heavy atom. The van der Waals surface area contributed by atoms with Crippen LogP contribution in [0.1, 0.15) is 5.56 Å². The number of nitriles is 1. The molecule has 0 spiro atoms. The first-order valence-electron chi connectivity index (χ1n) is 7.00. The van der Waals surface area contributed by atoms with Crippen molar-refractivity contribution in [1.82, 2.24) is 0 Å². The zero-order valence-electron chi connectivity index (χ0n) is 12.2. The van der Waals surface area contributed by atoms with E-state index in [1.807, 2.05) is 6.07 Å². The van der Waals surface area contributed by atoms with Gasteiger partial charge in [-0.25, -0.2) is 0 Å². The van der Waals surface area contributed by atoms with Gasteiger partial charge in [0.2, 0.25) is 5.91 Å². The maximum absolute atomic E-state index is 12.4. The van der Waals surface area contributed by atoms with E-state index in [2.05, 4.69) is 5.32 Å². The van der Waals surface area contributed by atoms with Crippen molar-refractivity contribution in [2.75, 3.05) is 23.4 Å². The summed E-state index contributed by atoms with van der Waals surface area (Å²) < 4.78 is 5.45. The van der Waals surface area contributed by atoms with E-state index < -0.39 is 0 Å². The first-order valence-corrected chi connectivity index (χ1v) is 7.00. The van der Waals surface area contributed by atoms with Gasteiger partial charge in [-0.15, -0.1) is 0 Å². The molecule has 1 heterocycles. The molecule has 23 heavy (non-hydrogen) atoms. The number of para-hydroxylation sites is 3. The number of carbonyl (C=O) groups is 2. The molecule has 2 aromatic carbocycles. The minimum absolute atomic E-state index is 0.0564. The number of hydrogen-bond acceptors (Lipinski definition) is 4. The van der Waals surface area contributed by atoms with Gasteiger partial charge in [0.1, 0.15) is 18.4 Å². The zero-order valence-corrected chi connectivity index (χ0v) is 12.2. The lowest BCUT2D eigenvalue weighted by Gasteiger charge is -2.29. The molecule has 0 aromatic heterocycles. The number of ether oxygens (including phenoxy) is 1. The number of hydrogen-bond donors (Lipinski definition) is 1. The van der Waals surface area contributed by atoms with Crippen LogP contribution in [0.3, 0.4) is 0 Å². The molecule has 0 unspecified atom stereocenters. The van der Waals surface area contributed by atoms with Crippen molar-refractivity contribution in [1.29, 1.82) is 5.26 Å². The summed E-state index contributed by atoms with van der Waals surface area (Å²) in [5.74, 6) is -0.257. The number of benzene rings is 2. The van der Waals surface area contributed by atoms with Crippen LogP contribution in [0.4, 0.5) is 11.4 Å². The fourth-order valence-corrected chi connectivity index (χ4v) is 2.36. The Hall–Kier alpha value is -3.33. The summed E-state index contributed by atoms with van der Waals surface area (Å²) in [5, 5.41) is 11.7. The number of anilines is 2. The van der Waals surface area contributed by atoms with Gasteiger partial charge in [0.15, 0.2) is 6.61 Å². The molecule has 2 aromatic rings. The van der Waals surface area contributed by atoms with Crippen molar-refractivity contribution in [3.8, 4) is 11.8 Å². The van der Waals surface area contributed by atoms with E-state index in [1.54, 1.807) is 48.5 Å². The molecule has 3 rings (SSSR count). The number of nitrogens with zero attached hydrogens (tertiary/aromatic N) is 2. The molecule has 114 valence electrons. The Balaban J connectivity index is 1.77. The third kappa shape index (κ3) is 2.99. The van der Waals surface area contributed by atoms with Gasteiger partial charge >= 0.3 is 0 Å². The first-order chi connectivity index (χ1) is 11.2. The number of nitrogens with one attached hydrogen (secondary N) is 1. The second-order valence-electron chi connectivity index (χ2n) is 4.94. The molecule has 1 N–H and O–H groups in total. The van der Waals surface area contributed by atoms with Crippen molar-refractivity contribution in [3.63, 3.8) is 0 Å². The number of amides is 2. The van der Waals surface area contributed by atoms with Gasteiger partial charge in [-0.05, 0) is 24.3 Å². The highest BCUT2D eigenvalue weighted by atomic mass is 16.5. The van der Waals surface area contributed by atoms with Crippen LogP contribution in [-0.2, 0) is 9.59 Å². The summed E-state index contributed by atoms with van der Waals surface area (Å²) in [7, 11) is 0. The molecular formula is C17H13N3O3. The molecule has 1 aliphatic rings. The summed E-state index contributed by atoms with van der Waals surface area (Å²) in [5.41, 5.74) is 1.58. The zero-order chi connectivity index (χ0) is 16.2. The molecule has 0 atom stereocenters. The van der Waals surface area contributed by atoms with Crippen molar-refractivity contribution in [2.45, 2.75) is 0 Å². The van der Waals surface area contributed by atoms with Crippen LogP contribution in [0.5, 0.6) is 5.75 Å². The topological polar surface area (TPSA) is 82.4 Å². The highest BCUT2D eigenvalue weighted by molar-refractivity contribution is 6.10. The third-order valence-electron chi connectivity index (χ3n) is 3.43. The maximum Gasteiger partial charge on any atom is 0.265 e. The van der Waals surface area contributed by atoms with E-state index in [1.165, 1.54) is 4.90 Å². The van der Waals surface area contributed by atoms with E-state index in [-0.39, 0.29) is 25.0 Å². The van der Waals surface area contributed by atoms with E-state index in [0.717, 1.165) is 0 Å². The van der Waals surface area contributed by atoms with Gasteiger partial charge in [0, 0.05) is 0 Å². The number of carbonyl (C=O) groups excluding carboxylic acids is 2. The fraction of sp³-hybridized carbons (Fsp3) is 0.118. The van der Waals surface area contributed by atoms with Crippen LogP contribution in [0.15, 0.2) is 48.5 Å². The predicted octanol–water partition coefficient (Wildman–Crippen LogP) is 1.92. The quantitative estimate of drug-likeness (QED) is 0.939. The van der Waals surface area contributed by atoms with Gasteiger partial charge in [0.05, 0.1) is 16.9 Å². The van der Waals surface area contributed by atoms with E-state index in [9.17, 15) is 9.59 Å². The van der Waals surface area contributed by atoms with E-state index >= 15 is 0 Å². The summed E-state index contributed by atoms with van der Waals surface area (Å²) in [6, 6.07) is 15.8. The van der Waals surface area contributed by atoms with Crippen molar-refractivity contribution >= 4 is 23.2 Å². The van der Waals surface area contributed by atoms with Crippen molar-refractivity contribution < 1.29 is 14.3 Å². The molecule has 0 aliphatic carbocycles. The normalized spacial score (nSPS) is 12.8. The lowest BCUT2D eigenvalue weighted by Crippen LogP contribution is -2.44. The van der Waals surface area contributed by atoms with Gasteiger partial charge in [-0.2, -0.15) is 5.26 Å².